The summed E-state index contributed by atoms with van der Waals surface area (Å²) in [5.74, 6) is 0.236. The molecule has 3 heterocycles. The molecule has 0 atom stereocenters. The van der Waals surface area contributed by atoms with Gasteiger partial charge in [-0.3, -0.25) is 18.5 Å². The van der Waals surface area contributed by atoms with E-state index >= 15 is 0 Å². The van der Waals surface area contributed by atoms with E-state index in [4.69, 9.17) is 0 Å². The largest absolute Gasteiger partial charge is 0.340 e. The summed E-state index contributed by atoms with van der Waals surface area (Å²) in [6.07, 6.45) is 0. The molecule has 0 bridgehead atoms. The first-order chi connectivity index (χ1) is 13.0. The Labute approximate surface area is 154 Å². The summed E-state index contributed by atoms with van der Waals surface area (Å²) in [4.78, 5) is 31.8. The number of hydrogen-bond donors (Lipinski definition) is 1. The second-order valence-corrected chi connectivity index (χ2v) is 6.70. The average molecular weight is 372 g/mol. The Morgan fingerprint density at radius 2 is 1.81 bits per heavy atom. The fourth-order valence-electron chi connectivity index (χ4n) is 3.49. The van der Waals surface area contributed by atoms with Gasteiger partial charge in [0, 0.05) is 45.8 Å². The molecule has 1 aliphatic rings. The highest BCUT2D eigenvalue weighted by Gasteiger charge is 2.24. The molecule has 3 aromatic rings. The molecule has 1 aromatic carbocycles. The summed E-state index contributed by atoms with van der Waals surface area (Å²) >= 11 is 0. The molecule has 0 aliphatic carbocycles. The van der Waals surface area contributed by atoms with Crippen LogP contribution < -0.4 is 21.5 Å². The van der Waals surface area contributed by atoms with Crippen molar-refractivity contribution in [2.45, 2.75) is 6.54 Å². The maximum Gasteiger partial charge on any atom is 0.332 e. The Kier molecular flexibility index (Phi) is 4.31. The van der Waals surface area contributed by atoms with Crippen molar-refractivity contribution in [1.29, 1.82) is 0 Å². The first kappa shape index (κ1) is 17.5. The van der Waals surface area contributed by atoms with Gasteiger partial charge in [-0.1, -0.05) is 18.2 Å². The van der Waals surface area contributed by atoms with E-state index in [1.165, 1.54) is 17.7 Å². The van der Waals surface area contributed by atoms with Crippen LogP contribution >= 0.6 is 0 Å². The number of benzene rings is 1. The standard InChI is InChI=1S/C18H21FN6O2/c1-22-15-14(16(26)23(2)18(22)27)25(11-12-5-3-4-6-13(12)19)17(21-15)24-9-7-20-8-10-24/h3-6,20H,7-11H2,1-2H3. The molecular formula is C18H21FN6O2. The van der Waals surface area contributed by atoms with Gasteiger partial charge >= 0.3 is 5.69 Å². The molecule has 0 radical (unpaired) electrons. The van der Waals surface area contributed by atoms with E-state index in [0.29, 0.717) is 22.7 Å². The summed E-state index contributed by atoms with van der Waals surface area (Å²) in [5, 5.41) is 3.28. The Hall–Kier alpha value is -2.94. The van der Waals surface area contributed by atoms with Gasteiger partial charge in [0.05, 0.1) is 6.54 Å². The molecule has 0 unspecified atom stereocenters. The van der Waals surface area contributed by atoms with Gasteiger partial charge in [-0.15, -0.1) is 0 Å². The number of anilines is 1. The average Bonchev–Trinajstić information content (AvgIpc) is 3.06. The highest BCUT2D eigenvalue weighted by Crippen LogP contribution is 2.22. The number of fused-ring (bicyclic) bond motifs is 1. The SMILES string of the molecule is Cn1c(=O)c2c(nc(N3CCNCC3)n2Cc2ccccc2F)n(C)c1=O. The smallest absolute Gasteiger partial charge is 0.332 e. The molecule has 0 amide bonds. The predicted molar refractivity (Wildman–Crippen MR) is 101 cm³/mol. The Morgan fingerprint density at radius 1 is 1.11 bits per heavy atom. The minimum Gasteiger partial charge on any atom is -0.340 e. The Morgan fingerprint density at radius 3 is 2.52 bits per heavy atom. The van der Waals surface area contributed by atoms with Gasteiger partial charge < -0.3 is 10.2 Å². The molecule has 142 valence electrons. The fraction of sp³-hybridized carbons (Fsp3) is 0.389. The van der Waals surface area contributed by atoms with Crippen molar-refractivity contribution in [1.82, 2.24) is 24.0 Å². The Bertz CT molecular complexity index is 1120. The van der Waals surface area contributed by atoms with Crippen molar-refractivity contribution < 1.29 is 4.39 Å². The van der Waals surface area contributed by atoms with Crippen LogP contribution in [0.2, 0.25) is 0 Å². The number of halogens is 1. The molecule has 1 aliphatic heterocycles. The molecule has 1 fully saturated rings. The molecule has 4 rings (SSSR count). The third kappa shape index (κ3) is 2.84. The predicted octanol–water partition coefficient (Wildman–Crippen LogP) is 0.0307. The van der Waals surface area contributed by atoms with E-state index in [-0.39, 0.29) is 12.4 Å². The van der Waals surface area contributed by atoms with Gasteiger partial charge in [-0.2, -0.15) is 4.98 Å². The number of rotatable bonds is 3. The minimum atomic E-state index is -0.435. The second kappa shape index (κ2) is 6.66. The zero-order chi connectivity index (χ0) is 19.1. The number of nitrogens with zero attached hydrogens (tertiary/aromatic N) is 5. The zero-order valence-electron chi connectivity index (χ0n) is 15.3. The van der Waals surface area contributed by atoms with Crippen LogP contribution in [-0.4, -0.2) is 44.9 Å². The number of nitrogens with one attached hydrogen (secondary N) is 1. The van der Waals surface area contributed by atoms with Gasteiger partial charge in [-0.25, -0.2) is 9.18 Å². The van der Waals surface area contributed by atoms with E-state index in [1.54, 1.807) is 29.8 Å². The lowest BCUT2D eigenvalue weighted by Crippen LogP contribution is -2.44. The van der Waals surface area contributed by atoms with Crippen LogP contribution in [0.3, 0.4) is 0 Å². The van der Waals surface area contributed by atoms with Crippen LogP contribution in [0.5, 0.6) is 0 Å². The summed E-state index contributed by atoms with van der Waals surface area (Å²) in [6, 6.07) is 6.47. The number of piperazine rings is 1. The molecule has 1 saturated heterocycles. The summed E-state index contributed by atoms with van der Waals surface area (Å²) < 4.78 is 18.4. The lowest BCUT2D eigenvalue weighted by atomic mass is 10.2. The minimum absolute atomic E-state index is 0.163. The molecule has 27 heavy (non-hydrogen) atoms. The molecule has 0 saturated carbocycles. The van der Waals surface area contributed by atoms with E-state index < -0.39 is 11.2 Å². The van der Waals surface area contributed by atoms with Gasteiger partial charge in [0.15, 0.2) is 11.2 Å². The molecule has 9 heteroatoms. The fourth-order valence-corrected chi connectivity index (χ4v) is 3.49. The maximum absolute atomic E-state index is 14.3. The second-order valence-electron chi connectivity index (χ2n) is 6.70. The van der Waals surface area contributed by atoms with Crippen molar-refractivity contribution in [3.63, 3.8) is 0 Å². The van der Waals surface area contributed by atoms with E-state index in [2.05, 4.69) is 15.2 Å². The number of imidazole rings is 1. The van der Waals surface area contributed by atoms with Crippen LogP contribution in [0.1, 0.15) is 5.56 Å². The van der Waals surface area contributed by atoms with Gasteiger partial charge in [0.25, 0.3) is 5.56 Å². The molecule has 1 N–H and O–H groups in total. The van der Waals surface area contributed by atoms with Crippen molar-refractivity contribution in [3.8, 4) is 0 Å². The summed E-state index contributed by atoms with van der Waals surface area (Å²) in [5.41, 5.74) is 0.210. The normalized spacial score (nSPS) is 14.9. The van der Waals surface area contributed by atoms with Crippen molar-refractivity contribution in [2.24, 2.45) is 14.1 Å². The first-order valence-corrected chi connectivity index (χ1v) is 8.84. The van der Waals surface area contributed by atoms with Crippen molar-refractivity contribution >= 4 is 17.1 Å². The quantitative estimate of drug-likeness (QED) is 0.702. The first-order valence-electron chi connectivity index (χ1n) is 8.84. The third-order valence-corrected chi connectivity index (χ3v) is 5.01. The van der Waals surface area contributed by atoms with Gasteiger partial charge in [0.2, 0.25) is 5.95 Å². The van der Waals surface area contributed by atoms with Crippen LogP contribution in [-0.2, 0) is 20.6 Å². The summed E-state index contributed by atoms with van der Waals surface area (Å²) in [6.45, 7) is 3.18. The summed E-state index contributed by atoms with van der Waals surface area (Å²) in [7, 11) is 3.03. The van der Waals surface area contributed by atoms with E-state index in [0.717, 1.165) is 30.7 Å². The van der Waals surface area contributed by atoms with Crippen molar-refractivity contribution in [3.05, 3.63) is 56.5 Å². The topological polar surface area (TPSA) is 77.1 Å². The lowest BCUT2D eigenvalue weighted by Gasteiger charge is -2.28. The van der Waals surface area contributed by atoms with Crippen LogP contribution in [0, 0.1) is 5.82 Å². The Balaban J connectivity index is 1.99. The lowest BCUT2D eigenvalue weighted by molar-refractivity contribution is 0.566. The highest BCUT2D eigenvalue weighted by molar-refractivity contribution is 5.74. The number of hydrogen-bond acceptors (Lipinski definition) is 5. The van der Waals surface area contributed by atoms with E-state index in [1.807, 2.05) is 0 Å². The van der Waals surface area contributed by atoms with Gasteiger partial charge in [0.1, 0.15) is 5.82 Å². The monoisotopic (exact) mass is 372 g/mol. The van der Waals surface area contributed by atoms with Crippen molar-refractivity contribution in [2.75, 3.05) is 31.1 Å². The highest BCUT2D eigenvalue weighted by atomic mass is 19.1. The third-order valence-electron chi connectivity index (χ3n) is 5.01. The number of aromatic nitrogens is 4. The number of aryl methyl sites for hydroxylation is 1. The van der Waals surface area contributed by atoms with Gasteiger partial charge in [-0.05, 0) is 6.07 Å². The van der Waals surface area contributed by atoms with Crippen LogP contribution in [0.4, 0.5) is 10.3 Å². The molecule has 2 aromatic heterocycles. The maximum atomic E-state index is 14.3. The molecule has 8 nitrogen and oxygen atoms in total. The van der Waals surface area contributed by atoms with Crippen LogP contribution in [0.25, 0.3) is 11.2 Å². The van der Waals surface area contributed by atoms with Crippen LogP contribution in [0.15, 0.2) is 33.9 Å². The molecular weight excluding hydrogens is 351 g/mol. The zero-order valence-corrected chi connectivity index (χ0v) is 15.3. The molecule has 0 spiro atoms. The van der Waals surface area contributed by atoms with E-state index in [9.17, 15) is 14.0 Å².